The normalized spacial score (nSPS) is 10.7. The number of carbonyl (C=O) groups is 1. The van der Waals surface area contributed by atoms with Crippen molar-refractivity contribution in [2.24, 2.45) is 0 Å². The Morgan fingerprint density at radius 2 is 2.11 bits per heavy atom. The summed E-state index contributed by atoms with van der Waals surface area (Å²) in [7, 11) is 0. The van der Waals surface area contributed by atoms with Gasteiger partial charge in [0.2, 0.25) is 0 Å². The van der Waals surface area contributed by atoms with Crippen molar-refractivity contribution in [1.29, 1.82) is 5.26 Å². The zero-order valence-electron chi connectivity index (χ0n) is 11.2. The van der Waals surface area contributed by atoms with Gasteiger partial charge >= 0.3 is 5.97 Å². The fourth-order valence-corrected chi connectivity index (χ4v) is 1.32. The van der Waals surface area contributed by atoms with Crippen LogP contribution in [0.5, 0.6) is 5.75 Å². The molecule has 0 aliphatic carbocycles. The van der Waals surface area contributed by atoms with Crippen molar-refractivity contribution in [3.8, 4) is 11.8 Å². The number of carbonyl (C=O) groups excluding carboxylic acids is 1. The highest BCUT2D eigenvalue weighted by Crippen LogP contribution is 2.18. The molecular formula is C14H16FNO3. The van der Waals surface area contributed by atoms with Gasteiger partial charge in [-0.15, -0.1) is 0 Å². The standard InChI is InChI=1S/C14H16FNO3/c1-14(2,3)19-13(17)6-7-18-12-5-4-10(9-16)8-11(12)15/h4-5,8H,6-7H2,1-3H3. The third kappa shape index (κ3) is 5.38. The van der Waals surface area contributed by atoms with Gasteiger partial charge in [0.05, 0.1) is 24.7 Å². The molecule has 0 N–H and O–H groups in total. The number of rotatable bonds is 4. The molecule has 19 heavy (non-hydrogen) atoms. The van der Waals surface area contributed by atoms with Gasteiger partial charge in [-0.25, -0.2) is 4.39 Å². The van der Waals surface area contributed by atoms with E-state index >= 15 is 0 Å². The summed E-state index contributed by atoms with van der Waals surface area (Å²) in [6, 6.07) is 5.73. The molecule has 102 valence electrons. The van der Waals surface area contributed by atoms with Crippen molar-refractivity contribution < 1.29 is 18.7 Å². The smallest absolute Gasteiger partial charge is 0.309 e. The molecule has 0 unspecified atom stereocenters. The average molecular weight is 265 g/mol. The van der Waals surface area contributed by atoms with Gasteiger partial charge in [-0.3, -0.25) is 4.79 Å². The highest BCUT2D eigenvalue weighted by molar-refractivity contribution is 5.69. The maximum Gasteiger partial charge on any atom is 0.309 e. The van der Waals surface area contributed by atoms with Crippen LogP contribution >= 0.6 is 0 Å². The Hall–Kier alpha value is -2.09. The maximum atomic E-state index is 13.4. The maximum absolute atomic E-state index is 13.4. The van der Waals surface area contributed by atoms with Crippen LogP contribution in [0.25, 0.3) is 0 Å². The van der Waals surface area contributed by atoms with Crippen molar-refractivity contribution in [3.05, 3.63) is 29.6 Å². The Kier molecular flexibility index (Phi) is 4.87. The summed E-state index contributed by atoms with van der Waals surface area (Å²) >= 11 is 0. The molecule has 0 aliphatic rings. The Morgan fingerprint density at radius 3 is 2.63 bits per heavy atom. The van der Waals surface area contributed by atoms with E-state index < -0.39 is 17.4 Å². The molecular weight excluding hydrogens is 249 g/mol. The number of hydrogen-bond acceptors (Lipinski definition) is 4. The first-order chi connectivity index (χ1) is 8.81. The van der Waals surface area contributed by atoms with E-state index in [1.165, 1.54) is 12.1 Å². The second kappa shape index (κ2) is 6.19. The van der Waals surface area contributed by atoms with Crippen molar-refractivity contribution in [1.82, 2.24) is 0 Å². The van der Waals surface area contributed by atoms with E-state index in [1.54, 1.807) is 20.8 Å². The van der Waals surface area contributed by atoms with Crippen LogP contribution in [0.15, 0.2) is 18.2 Å². The molecule has 1 aromatic carbocycles. The molecule has 0 spiro atoms. The van der Waals surface area contributed by atoms with E-state index in [1.807, 2.05) is 6.07 Å². The summed E-state index contributed by atoms with van der Waals surface area (Å²) in [6.07, 6.45) is 0.0384. The molecule has 0 saturated carbocycles. The van der Waals surface area contributed by atoms with Gasteiger partial charge in [-0.1, -0.05) is 0 Å². The van der Waals surface area contributed by atoms with Crippen LogP contribution in [-0.4, -0.2) is 18.2 Å². The molecule has 0 amide bonds. The molecule has 0 radical (unpaired) electrons. The molecule has 1 rings (SSSR count). The lowest BCUT2D eigenvalue weighted by molar-refractivity contribution is -0.155. The van der Waals surface area contributed by atoms with Crippen molar-refractivity contribution in [3.63, 3.8) is 0 Å². The lowest BCUT2D eigenvalue weighted by Gasteiger charge is -2.19. The van der Waals surface area contributed by atoms with Gasteiger partial charge in [0, 0.05) is 0 Å². The monoisotopic (exact) mass is 265 g/mol. The molecule has 1 aromatic rings. The van der Waals surface area contributed by atoms with Gasteiger partial charge in [-0.05, 0) is 39.0 Å². The molecule has 0 fully saturated rings. The first kappa shape index (κ1) is 15.0. The Balaban J connectivity index is 2.46. The van der Waals surface area contributed by atoms with Crippen LogP contribution in [0.1, 0.15) is 32.8 Å². The van der Waals surface area contributed by atoms with Gasteiger partial charge in [0.1, 0.15) is 5.60 Å². The number of hydrogen-bond donors (Lipinski definition) is 0. The highest BCUT2D eigenvalue weighted by Gasteiger charge is 2.16. The summed E-state index contributed by atoms with van der Waals surface area (Å²) in [4.78, 5) is 11.4. The summed E-state index contributed by atoms with van der Waals surface area (Å²) in [5.74, 6) is -1.01. The van der Waals surface area contributed by atoms with E-state index in [2.05, 4.69) is 0 Å². The number of halogens is 1. The van der Waals surface area contributed by atoms with Crippen LogP contribution in [-0.2, 0) is 9.53 Å². The van der Waals surface area contributed by atoms with Gasteiger partial charge in [0.25, 0.3) is 0 Å². The minimum atomic E-state index is -0.622. The highest BCUT2D eigenvalue weighted by atomic mass is 19.1. The number of nitrogens with zero attached hydrogens (tertiary/aromatic N) is 1. The molecule has 0 bridgehead atoms. The summed E-state index contributed by atoms with van der Waals surface area (Å²) in [5.41, 5.74) is -0.325. The molecule has 0 atom stereocenters. The van der Waals surface area contributed by atoms with Gasteiger partial charge in [0.15, 0.2) is 11.6 Å². The second-order valence-corrected chi connectivity index (χ2v) is 4.94. The average Bonchev–Trinajstić information content (AvgIpc) is 2.28. The van der Waals surface area contributed by atoms with Crippen LogP contribution in [0, 0.1) is 17.1 Å². The zero-order chi connectivity index (χ0) is 14.5. The Morgan fingerprint density at radius 1 is 1.42 bits per heavy atom. The van der Waals surface area contributed by atoms with Gasteiger partial charge < -0.3 is 9.47 Å². The third-order valence-corrected chi connectivity index (χ3v) is 2.04. The Labute approximate surface area is 111 Å². The molecule has 0 aromatic heterocycles. The summed E-state index contributed by atoms with van der Waals surface area (Å²) in [6.45, 7) is 5.34. The second-order valence-electron chi connectivity index (χ2n) is 4.94. The fraction of sp³-hybridized carbons (Fsp3) is 0.429. The quantitative estimate of drug-likeness (QED) is 0.785. The van der Waals surface area contributed by atoms with Crippen LogP contribution in [0.3, 0.4) is 0 Å². The minimum absolute atomic E-state index is 0.0163. The number of esters is 1. The minimum Gasteiger partial charge on any atom is -0.490 e. The third-order valence-electron chi connectivity index (χ3n) is 2.04. The molecule has 0 aliphatic heterocycles. The lowest BCUT2D eigenvalue weighted by atomic mass is 10.2. The number of nitriles is 1. The first-order valence-electron chi connectivity index (χ1n) is 5.86. The predicted molar refractivity (Wildman–Crippen MR) is 67.1 cm³/mol. The van der Waals surface area contributed by atoms with Crippen molar-refractivity contribution in [2.45, 2.75) is 32.8 Å². The van der Waals surface area contributed by atoms with Crippen molar-refractivity contribution >= 4 is 5.97 Å². The van der Waals surface area contributed by atoms with Crippen molar-refractivity contribution in [2.75, 3.05) is 6.61 Å². The van der Waals surface area contributed by atoms with E-state index in [4.69, 9.17) is 14.7 Å². The summed E-state index contributed by atoms with van der Waals surface area (Å²) in [5, 5.41) is 8.59. The first-order valence-corrected chi connectivity index (χ1v) is 5.86. The lowest BCUT2D eigenvalue weighted by Crippen LogP contribution is -2.24. The van der Waals surface area contributed by atoms with E-state index in [9.17, 15) is 9.18 Å². The predicted octanol–water partition coefficient (Wildman–Crippen LogP) is 2.81. The molecule has 5 heteroatoms. The number of benzene rings is 1. The largest absolute Gasteiger partial charge is 0.490 e. The van der Waals surface area contributed by atoms with E-state index in [-0.39, 0.29) is 24.3 Å². The molecule has 4 nitrogen and oxygen atoms in total. The number of ether oxygens (including phenoxy) is 2. The summed E-state index contributed by atoms with van der Waals surface area (Å²) < 4.78 is 23.7. The SMILES string of the molecule is CC(C)(C)OC(=O)CCOc1ccc(C#N)cc1F. The molecule has 0 heterocycles. The van der Waals surface area contributed by atoms with E-state index in [0.717, 1.165) is 6.07 Å². The topological polar surface area (TPSA) is 59.3 Å². The molecule has 0 saturated heterocycles. The zero-order valence-corrected chi connectivity index (χ0v) is 11.2. The van der Waals surface area contributed by atoms with Gasteiger partial charge in [-0.2, -0.15) is 5.26 Å². The van der Waals surface area contributed by atoms with Crippen LogP contribution < -0.4 is 4.74 Å². The van der Waals surface area contributed by atoms with E-state index in [0.29, 0.717) is 0 Å². The van der Waals surface area contributed by atoms with Crippen LogP contribution in [0.2, 0.25) is 0 Å². The van der Waals surface area contributed by atoms with Crippen LogP contribution in [0.4, 0.5) is 4.39 Å². The Bertz CT molecular complexity index is 500. The fourth-order valence-electron chi connectivity index (χ4n) is 1.32.